The number of hydrogen-bond donors (Lipinski definition) is 3. The second-order valence-electron chi connectivity index (χ2n) is 5.15. The molecule has 0 rings (SSSR count). The maximum absolute atomic E-state index is 11.9. The second-order valence-corrected chi connectivity index (χ2v) is 9.13. The molecule has 0 fully saturated rings. The molecule has 0 bridgehead atoms. The zero-order chi connectivity index (χ0) is 17.7. The minimum atomic E-state index is -2.15. The van der Waals surface area contributed by atoms with E-state index in [1.54, 1.807) is 4.90 Å². The van der Waals surface area contributed by atoms with Gasteiger partial charge in [0.25, 0.3) is 0 Å². The van der Waals surface area contributed by atoms with Crippen LogP contribution in [-0.2, 0) is 18.4 Å². The van der Waals surface area contributed by atoms with Gasteiger partial charge in [-0.1, -0.05) is 0 Å². The molecule has 2 amide bonds. The van der Waals surface area contributed by atoms with Crippen molar-refractivity contribution in [2.24, 2.45) is 0 Å². The van der Waals surface area contributed by atoms with Gasteiger partial charge in [0.15, 0.2) is 0 Å². The van der Waals surface area contributed by atoms with Gasteiger partial charge in [0.05, 0.1) is 11.5 Å². The predicted octanol–water partition coefficient (Wildman–Crippen LogP) is 1.33. The molecule has 0 aliphatic heterocycles. The lowest BCUT2D eigenvalue weighted by molar-refractivity contribution is -0.129. The smallest absolute Gasteiger partial charge is 0.334 e. The lowest BCUT2D eigenvalue weighted by Crippen LogP contribution is -2.42. The van der Waals surface area contributed by atoms with Crippen molar-refractivity contribution < 1.29 is 18.4 Å². The van der Waals surface area contributed by atoms with Crippen molar-refractivity contribution in [3.8, 4) is 0 Å². The van der Waals surface area contributed by atoms with Gasteiger partial charge in [-0.15, -0.1) is 0 Å². The van der Waals surface area contributed by atoms with Crippen LogP contribution >= 0.6 is 25.3 Å². The summed E-state index contributed by atoms with van der Waals surface area (Å²) in [6.45, 7) is 8.76. The van der Waals surface area contributed by atoms with Crippen LogP contribution in [-0.4, -0.2) is 69.6 Å². The number of nitrogens with zero attached hydrogens (tertiary/aromatic N) is 1. The molecule has 0 aliphatic carbocycles. The summed E-state index contributed by atoms with van der Waals surface area (Å²) in [5.74, 6) is 0.128. The molecule has 9 heteroatoms. The van der Waals surface area contributed by atoms with E-state index in [1.165, 1.54) is 0 Å². The van der Waals surface area contributed by atoms with Crippen LogP contribution in [0.15, 0.2) is 0 Å². The van der Waals surface area contributed by atoms with Crippen LogP contribution in [0.4, 0.5) is 0 Å². The van der Waals surface area contributed by atoms with Crippen LogP contribution in [0.25, 0.3) is 0 Å². The van der Waals surface area contributed by atoms with E-state index < -0.39 is 8.56 Å². The van der Waals surface area contributed by atoms with E-state index in [0.717, 1.165) is 12.5 Å². The first kappa shape index (κ1) is 22.8. The fourth-order valence-electron chi connectivity index (χ4n) is 2.24. The van der Waals surface area contributed by atoms with E-state index in [0.29, 0.717) is 32.8 Å². The molecule has 0 aromatic carbocycles. The molecule has 0 aromatic heterocycles. The Hall–Kier alpha value is -0.223. The molecule has 0 aliphatic rings. The molecule has 23 heavy (non-hydrogen) atoms. The van der Waals surface area contributed by atoms with Gasteiger partial charge in [0.1, 0.15) is 0 Å². The van der Waals surface area contributed by atoms with Crippen molar-refractivity contribution >= 4 is 45.6 Å². The SMILES string of the molecule is CCO[Si](C)(CCCN(CCNC(=O)CS)C(=O)CS)OCC. The van der Waals surface area contributed by atoms with Crippen LogP contribution in [0.3, 0.4) is 0 Å². The highest BCUT2D eigenvalue weighted by molar-refractivity contribution is 7.81. The minimum absolute atomic E-state index is 0.0374. The van der Waals surface area contributed by atoms with Gasteiger partial charge in [-0.3, -0.25) is 9.59 Å². The molecular formula is C14H30N2O4S2Si. The van der Waals surface area contributed by atoms with Crippen molar-refractivity contribution in [2.75, 3.05) is 44.4 Å². The summed E-state index contributed by atoms with van der Waals surface area (Å²) in [5.41, 5.74) is 0. The first-order valence-electron chi connectivity index (χ1n) is 7.96. The topological polar surface area (TPSA) is 67.9 Å². The molecule has 0 atom stereocenters. The summed E-state index contributed by atoms with van der Waals surface area (Å²) in [6.07, 6.45) is 0.808. The number of carbonyl (C=O) groups excluding carboxylic acids is 2. The van der Waals surface area contributed by atoms with E-state index in [2.05, 4.69) is 37.1 Å². The monoisotopic (exact) mass is 382 g/mol. The molecule has 0 saturated heterocycles. The van der Waals surface area contributed by atoms with Crippen molar-refractivity contribution in [1.29, 1.82) is 0 Å². The zero-order valence-corrected chi connectivity index (χ0v) is 17.1. The summed E-state index contributed by atoms with van der Waals surface area (Å²) in [4.78, 5) is 24.8. The number of thiol groups is 2. The quantitative estimate of drug-likeness (QED) is 0.332. The van der Waals surface area contributed by atoms with E-state index in [9.17, 15) is 9.59 Å². The van der Waals surface area contributed by atoms with Crippen molar-refractivity contribution in [1.82, 2.24) is 10.2 Å². The summed E-state index contributed by atoms with van der Waals surface area (Å²) in [5, 5.41) is 2.71. The van der Waals surface area contributed by atoms with Crippen LogP contribution in [0.1, 0.15) is 20.3 Å². The molecule has 0 aromatic rings. The lowest BCUT2D eigenvalue weighted by Gasteiger charge is -2.28. The Bertz CT molecular complexity index is 356. The third kappa shape index (κ3) is 10.3. The van der Waals surface area contributed by atoms with Crippen molar-refractivity contribution in [3.05, 3.63) is 0 Å². The van der Waals surface area contributed by atoms with Crippen molar-refractivity contribution in [2.45, 2.75) is 32.9 Å². The average Bonchev–Trinajstić information content (AvgIpc) is 2.52. The predicted molar refractivity (Wildman–Crippen MR) is 102 cm³/mol. The Morgan fingerprint density at radius 3 is 2.17 bits per heavy atom. The molecule has 0 heterocycles. The highest BCUT2D eigenvalue weighted by atomic mass is 32.1. The van der Waals surface area contributed by atoms with E-state index in [1.807, 2.05) is 13.8 Å². The first-order valence-corrected chi connectivity index (χ1v) is 11.7. The minimum Gasteiger partial charge on any atom is -0.395 e. The number of amides is 2. The normalized spacial score (nSPS) is 11.3. The standard InChI is InChI=1S/C14H30N2O4S2Si/c1-4-19-23(3,20-5-2)10-6-8-16(14(18)12-22)9-7-15-13(17)11-21/h21-22H,4-12H2,1-3H3,(H,15,17). The largest absolute Gasteiger partial charge is 0.395 e. The Morgan fingerprint density at radius 2 is 1.70 bits per heavy atom. The van der Waals surface area contributed by atoms with E-state index in [-0.39, 0.29) is 23.3 Å². The molecule has 0 unspecified atom stereocenters. The number of rotatable bonds is 13. The summed E-state index contributed by atoms with van der Waals surface area (Å²) < 4.78 is 11.6. The number of carbonyl (C=O) groups is 2. The summed E-state index contributed by atoms with van der Waals surface area (Å²) >= 11 is 7.95. The Labute approximate surface area is 151 Å². The fraction of sp³-hybridized carbons (Fsp3) is 0.857. The molecule has 0 spiro atoms. The molecule has 1 N–H and O–H groups in total. The third-order valence-electron chi connectivity index (χ3n) is 3.29. The third-order valence-corrected chi connectivity index (χ3v) is 6.91. The Kier molecular flexibility index (Phi) is 13.0. The molecule has 136 valence electrons. The maximum atomic E-state index is 11.9. The lowest BCUT2D eigenvalue weighted by atomic mass is 10.4. The Morgan fingerprint density at radius 1 is 1.09 bits per heavy atom. The second kappa shape index (κ2) is 13.1. The van der Waals surface area contributed by atoms with Gasteiger partial charge < -0.3 is 19.1 Å². The first-order chi connectivity index (χ1) is 10.9. The average molecular weight is 383 g/mol. The van der Waals surface area contributed by atoms with Crippen LogP contribution < -0.4 is 5.32 Å². The van der Waals surface area contributed by atoms with E-state index in [4.69, 9.17) is 8.85 Å². The highest BCUT2D eigenvalue weighted by Gasteiger charge is 2.30. The Balaban J connectivity index is 4.37. The highest BCUT2D eigenvalue weighted by Crippen LogP contribution is 2.16. The molecule has 0 saturated carbocycles. The summed E-state index contributed by atoms with van der Waals surface area (Å²) in [6, 6.07) is 0.827. The van der Waals surface area contributed by atoms with Crippen LogP contribution in [0.5, 0.6) is 0 Å². The van der Waals surface area contributed by atoms with Gasteiger partial charge >= 0.3 is 8.56 Å². The zero-order valence-electron chi connectivity index (χ0n) is 14.3. The van der Waals surface area contributed by atoms with Crippen molar-refractivity contribution in [3.63, 3.8) is 0 Å². The maximum Gasteiger partial charge on any atom is 0.334 e. The number of nitrogens with one attached hydrogen (secondary N) is 1. The van der Waals surface area contributed by atoms with Crippen LogP contribution in [0.2, 0.25) is 12.6 Å². The van der Waals surface area contributed by atoms with Crippen LogP contribution in [0, 0.1) is 0 Å². The van der Waals surface area contributed by atoms with Gasteiger partial charge in [-0.2, -0.15) is 25.3 Å². The van der Waals surface area contributed by atoms with Gasteiger partial charge in [-0.05, 0) is 32.9 Å². The number of hydrogen-bond acceptors (Lipinski definition) is 6. The van der Waals surface area contributed by atoms with E-state index >= 15 is 0 Å². The van der Waals surface area contributed by atoms with Gasteiger partial charge in [-0.25, -0.2) is 0 Å². The molecule has 0 radical (unpaired) electrons. The van der Waals surface area contributed by atoms with Gasteiger partial charge in [0, 0.05) is 32.8 Å². The van der Waals surface area contributed by atoms with Gasteiger partial charge in [0.2, 0.25) is 11.8 Å². The fourth-order valence-corrected chi connectivity index (χ4v) is 4.94. The molecular weight excluding hydrogens is 352 g/mol. The summed E-state index contributed by atoms with van der Waals surface area (Å²) in [7, 11) is -2.15. The molecule has 6 nitrogen and oxygen atoms in total.